The third kappa shape index (κ3) is 4.58. The molecule has 2 aromatic carbocycles. The molecule has 2 aliphatic carbocycles. The normalized spacial score (nSPS) is 18.6. The van der Waals surface area contributed by atoms with Crippen LogP contribution >= 0.6 is 11.8 Å². The van der Waals surface area contributed by atoms with Gasteiger partial charge in [-0.05, 0) is 60.6 Å². The molecule has 5 rings (SSSR count). The molecule has 1 unspecified atom stereocenters. The maximum absolute atomic E-state index is 12.5. The van der Waals surface area contributed by atoms with Gasteiger partial charge in [-0.3, -0.25) is 4.79 Å². The van der Waals surface area contributed by atoms with Crippen LogP contribution in [-0.4, -0.2) is 21.0 Å². The Morgan fingerprint density at radius 2 is 2.03 bits per heavy atom. The van der Waals surface area contributed by atoms with E-state index < -0.39 is 0 Å². The van der Waals surface area contributed by atoms with Gasteiger partial charge in [-0.2, -0.15) is 0 Å². The Hall–Kier alpha value is -2.67. The first-order chi connectivity index (χ1) is 15.7. The van der Waals surface area contributed by atoms with E-state index in [0.717, 1.165) is 53.3 Å². The van der Waals surface area contributed by atoms with Gasteiger partial charge in [-0.15, -0.1) is 0 Å². The number of para-hydroxylation sites is 1. The standard InChI is InChI=1S/C25H31N5OS/c26-19-14-18-17(9-10-20(18)29-22-8-4-7-21-24(22)28-15-27-21)13-23(19)30-25(31)32-12-11-16-5-2-1-3-6-16/h4,7-8,13-16,20,29H,1-3,5-6,9-12,26H2,(H,27,28)(H,30,31). The number of amides is 1. The fourth-order valence-electron chi connectivity index (χ4n) is 5.15. The van der Waals surface area contributed by atoms with Gasteiger partial charge in [0.2, 0.25) is 0 Å². The van der Waals surface area contributed by atoms with Gasteiger partial charge in [-0.1, -0.05) is 49.9 Å². The highest BCUT2D eigenvalue weighted by molar-refractivity contribution is 8.13. The zero-order valence-corrected chi connectivity index (χ0v) is 19.1. The van der Waals surface area contributed by atoms with E-state index in [1.165, 1.54) is 55.0 Å². The number of nitrogens with zero attached hydrogens (tertiary/aromatic N) is 1. The topological polar surface area (TPSA) is 95.8 Å². The number of thioether (sulfide) groups is 1. The molecule has 0 saturated heterocycles. The summed E-state index contributed by atoms with van der Waals surface area (Å²) in [5, 5.41) is 6.67. The fraction of sp³-hybridized carbons (Fsp3) is 0.440. The quantitative estimate of drug-likeness (QED) is 0.323. The van der Waals surface area contributed by atoms with E-state index in [0.29, 0.717) is 5.69 Å². The van der Waals surface area contributed by atoms with Crippen molar-refractivity contribution in [3.05, 3.63) is 47.8 Å². The van der Waals surface area contributed by atoms with Gasteiger partial charge >= 0.3 is 0 Å². The lowest BCUT2D eigenvalue weighted by atomic mass is 9.88. The summed E-state index contributed by atoms with van der Waals surface area (Å²) in [6, 6.07) is 10.4. The highest BCUT2D eigenvalue weighted by Gasteiger charge is 2.25. The minimum atomic E-state index is -0.00828. The number of nitrogens with two attached hydrogens (primary N) is 1. The van der Waals surface area contributed by atoms with Crippen molar-refractivity contribution in [3.63, 3.8) is 0 Å². The van der Waals surface area contributed by atoms with Gasteiger partial charge in [0.1, 0.15) is 0 Å². The lowest BCUT2D eigenvalue weighted by molar-refractivity contribution is 0.269. The molecule has 1 heterocycles. The van der Waals surface area contributed by atoms with Gasteiger partial charge < -0.3 is 21.4 Å². The summed E-state index contributed by atoms with van der Waals surface area (Å²) in [6.45, 7) is 0. The number of aromatic amines is 1. The first-order valence-electron chi connectivity index (χ1n) is 11.7. The fourth-order valence-corrected chi connectivity index (χ4v) is 5.97. The van der Waals surface area contributed by atoms with Crippen LogP contribution < -0.4 is 16.4 Å². The number of aromatic nitrogens is 2. The smallest absolute Gasteiger partial charge is 0.283 e. The number of imidazole rings is 1. The second-order valence-corrected chi connectivity index (χ2v) is 10.1. The molecule has 6 nitrogen and oxygen atoms in total. The number of benzene rings is 2. The molecule has 2 aliphatic rings. The predicted octanol–water partition coefficient (Wildman–Crippen LogP) is 6.48. The molecule has 5 N–H and O–H groups in total. The maximum Gasteiger partial charge on any atom is 0.283 e. The summed E-state index contributed by atoms with van der Waals surface area (Å²) in [5.74, 6) is 1.68. The maximum atomic E-state index is 12.5. The van der Waals surface area contributed by atoms with Gasteiger partial charge in [-0.25, -0.2) is 4.98 Å². The number of H-pyrrole nitrogens is 1. The third-order valence-corrected chi connectivity index (χ3v) is 7.70. The molecule has 1 atom stereocenters. The Balaban J connectivity index is 1.21. The highest BCUT2D eigenvalue weighted by atomic mass is 32.2. The van der Waals surface area contributed by atoms with Crippen molar-refractivity contribution in [2.24, 2.45) is 5.92 Å². The summed E-state index contributed by atoms with van der Waals surface area (Å²) in [4.78, 5) is 20.0. The number of carbonyl (C=O) groups is 1. The van der Waals surface area contributed by atoms with Gasteiger partial charge in [0, 0.05) is 5.75 Å². The Kier molecular flexibility index (Phi) is 6.26. The van der Waals surface area contributed by atoms with Crippen LogP contribution in [0.2, 0.25) is 0 Å². The second-order valence-electron chi connectivity index (χ2n) is 9.03. The molecule has 0 spiro atoms. The Morgan fingerprint density at radius 1 is 1.16 bits per heavy atom. The summed E-state index contributed by atoms with van der Waals surface area (Å²) in [7, 11) is 0. The van der Waals surface area contributed by atoms with Crippen molar-refractivity contribution in [1.29, 1.82) is 0 Å². The van der Waals surface area contributed by atoms with Gasteiger partial charge in [0.25, 0.3) is 5.24 Å². The predicted molar refractivity (Wildman–Crippen MR) is 134 cm³/mol. The molecule has 1 saturated carbocycles. The molecule has 1 aromatic heterocycles. The summed E-state index contributed by atoms with van der Waals surface area (Å²) in [5.41, 5.74) is 13.2. The molecule has 0 bridgehead atoms. The number of anilines is 3. The third-order valence-electron chi connectivity index (χ3n) is 6.89. The van der Waals surface area contributed by atoms with Crippen LogP contribution in [0.4, 0.5) is 21.9 Å². The molecule has 0 radical (unpaired) electrons. The van der Waals surface area contributed by atoms with Crippen molar-refractivity contribution < 1.29 is 4.79 Å². The number of hydrogen-bond acceptors (Lipinski definition) is 5. The van der Waals surface area contributed by atoms with Crippen molar-refractivity contribution in [1.82, 2.24) is 9.97 Å². The van der Waals surface area contributed by atoms with Crippen LogP contribution in [-0.2, 0) is 6.42 Å². The Labute approximate surface area is 193 Å². The van der Waals surface area contributed by atoms with Crippen molar-refractivity contribution in [2.45, 2.75) is 57.4 Å². The number of nitrogens with one attached hydrogen (secondary N) is 3. The van der Waals surface area contributed by atoms with Gasteiger partial charge in [0.15, 0.2) is 0 Å². The van der Waals surface area contributed by atoms with Crippen LogP contribution in [0.15, 0.2) is 36.7 Å². The Bertz CT molecular complexity index is 1100. The molecule has 32 heavy (non-hydrogen) atoms. The monoisotopic (exact) mass is 449 g/mol. The molecular formula is C25H31N5OS. The van der Waals surface area contributed by atoms with E-state index in [2.05, 4.69) is 32.7 Å². The summed E-state index contributed by atoms with van der Waals surface area (Å²) < 4.78 is 0. The highest BCUT2D eigenvalue weighted by Crippen LogP contribution is 2.39. The first kappa shape index (κ1) is 21.2. The lowest BCUT2D eigenvalue weighted by Gasteiger charge is -2.21. The number of carbonyl (C=O) groups excluding carboxylic acids is 1. The minimum absolute atomic E-state index is 0.00828. The largest absolute Gasteiger partial charge is 0.397 e. The molecule has 3 aromatic rings. The molecule has 0 aliphatic heterocycles. The minimum Gasteiger partial charge on any atom is -0.397 e. The van der Waals surface area contributed by atoms with Crippen molar-refractivity contribution in [2.75, 3.05) is 22.1 Å². The molecule has 1 fully saturated rings. The number of nitrogen functional groups attached to an aromatic ring is 1. The average molecular weight is 450 g/mol. The SMILES string of the molecule is Nc1cc2c(cc1NC(=O)SCCC1CCCCC1)CCC2Nc1cccc2nc[nH]c12. The van der Waals surface area contributed by atoms with E-state index >= 15 is 0 Å². The Morgan fingerprint density at radius 3 is 2.91 bits per heavy atom. The van der Waals surface area contributed by atoms with Crippen LogP contribution in [0.1, 0.15) is 62.1 Å². The number of fused-ring (bicyclic) bond motifs is 2. The van der Waals surface area contributed by atoms with Crippen molar-refractivity contribution >= 4 is 45.1 Å². The van der Waals surface area contributed by atoms with Crippen LogP contribution in [0, 0.1) is 5.92 Å². The van der Waals surface area contributed by atoms with E-state index in [1.807, 2.05) is 18.2 Å². The molecule has 168 valence electrons. The number of aryl methyl sites for hydroxylation is 1. The zero-order chi connectivity index (χ0) is 21.9. The molecule has 1 amide bonds. The second kappa shape index (κ2) is 9.45. The lowest BCUT2D eigenvalue weighted by Crippen LogP contribution is -2.12. The van der Waals surface area contributed by atoms with Crippen molar-refractivity contribution in [3.8, 4) is 0 Å². The van der Waals surface area contributed by atoms with E-state index in [4.69, 9.17) is 5.73 Å². The first-order valence-corrected chi connectivity index (χ1v) is 12.7. The van der Waals surface area contributed by atoms with Crippen LogP contribution in [0.25, 0.3) is 11.0 Å². The number of hydrogen-bond donors (Lipinski definition) is 4. The van der Waals surface area contributed by atoms with E-state index in [1.54, 1.807) is 6.33 Å². The number of rotatable bonds is 6. The summed E-state index contributed by atoms with van der Waals surface area (Å²) >= 11 is 1.38. The summed E-state index contributed by atoms with van der Waals surface area (Å²) in [6.07, 6.45) is 11.5. The molecule has 7 heteroatoms. The van der Waals surface area contributed by atoms with Gasteiger partial charge in [0.05, 0.1) is 40.5 Å². The van der Waals surface area contributed by atoms with E-state index in [-0.39, 0.29) is 11.3 Å². The zero-order valence-electron chi connectivity index (χ0n) is 18.3. The molecular weight excluding hydrogens is 418 g/mol. The van der Waals surface area contributed by atoms with E-state index in [9.17, 15) is 4.79 Å². The average Bonchev–Trinajstić information content (AvgIpc) is 3.43. The van der Waals surface area contributed by atoms with Crippen LogP contribution in [0.5, 0.6) is 0 Å². The van der Waals surface area contributed by atoms with Crippen LogP contribution in [0.3, 0.4) is 0 Å².